The van der Waals surface area contributed by atoms with Crippen LogP contribution in [0.1, 0.15) is 39.9 Å². The van der Waals surface area contributed by atoms with Gasteiger partial charge in [0.25, 0.3) is 5.91 Å². The molecule has 10 heteroatoms. The Bertz CT molecular complexity index is 1380. The minimum atomic E-state index is -3.47. The molecule has 1 saturated heterocycles. The molecule has 184 valence electrons. The lowest BCUT2D eigenvalue weighted by atomic mass is 9.98. The number of hydrogen-bond donors (Lipinski definition) is 1. The van der Waals surface area contributed by atoms with Crippen LogP contribution >= 0.6 is 22.6 Å². The fourth-order valence-corrected chi connectivity index (χ4v) is 6.15. The Balaban J connectivity index is 1.64. The fraction of sp³-hybridized carbons (Fsp3) is 0.240. The summed E-state index contributed by atoms with van der Waals surface area (Å²) in [5.41, 5.74) is 6.48. The van der Waals surface area contributed by atoms with Crippen LogP contribution in [-0.2, 0) is 22.2 Å². The maximum atomic E-state index is 14.5. The summed E-state index contributed by atoms with van der Waals surface area (Å²) < 4.78 is 62.2. The van der Waals surface area contributed by atoms with Gasteiger partial charge < -0.3 is 10.5 Å². The first-order valence-electron chi connectivity index (χ1n) is 10.9. The standard InChI is InChI=1S/C25H23F2IN2O4S/c26-19-12-18(11-17-6-7-20(28)14-22(17)27)24(25(29)31)23(13-19)34-21-5-3-4-16(10-21)15-35(32,33)30-8-1-2-9-30/h3-7,10,12-14H,1-2,8-9,11,15H2,(H2,29,31). The molecule has 0 aliphatic carbocycles. The van der Waals surface area contributed by atoms with Crippen molar-refractivity contribution in [1.29, 1.82) is 0 Å². The van der Waals surface area contributed by atoms with Gasteiger partial charge in [-0.2, -0.15) is 0 Å². The topological polar surface area (TPSA) is 89.7 Å². The van der Waals surface area contributed by atoms with Crippen LogP contribution in [0, 0.1) is 15.2 Å². The zero-order valence-electron chi connectivity index (χ0n) is 18.6. The second-order valence-electron chi connectivity index (χ2n) is 8.33. The molecule has 6 nitrogen and oxygen atoms in total. The Morgan fingerprint density at radius 2 is 1.77 bits per heavy atom. The van der Waals surface area contributed by atoms with E-state index >= 15 is 0 Å². The molecule has 0 aromatic heterocycles. The number of carbonyl (C=O) groups excluding carboxylic acids is 1. The lowest BCUT2D eigenvalue weighted by molar-refractivity contribution is 0.0997. The number of rotatable bonds is 8. The Kier molecular flexibility index (Phi) is 7.72. The van der Waals surface area contributed by atoms with Gasteiger partial charge in [0, 0.05) is 29.1 Å². The third-order valence-corrected chi connectivity index (χ3v) is 8.25. The number of nitrogens with two attached hydrogens (primary N) is 1. The molecule has 1 aliphatic heterocycles. The summed E-state index contributed by atoms with van der Waals surface area (Å²) in [6.07, 6.45) is 1.61. The number of hydrogen-bond acceptors (Lipinski definition) is 4. The normalized spacial score (nSPS) is 14.3. The Morgan fingerprint density at radius 3 is 2.46 bits per heavy atom. The van der Waals surface area contributed by atoms with Crippen molar-refractivity contribution in [1.82, 2.24) is 4.31 Å². The van der Waals surface area contributed by atoms with Crippen molar-refractivity contribution in [2.24, 2.45) is 5.73 Å². The minimum absolute atomic E-state index is 0.0662. The van der Waals surface area contributed by atoms with Crippen LogP contribution in [0.25, 0.3) is 0 Å². The number of benzene rings is 3. The van der Waals surface area contributed by atoms with Gasteiger partial charge in [-0.15, -0.1) is 0 Å². The third kappa shape index (κ3) is 6.17. The fourth-order valence-electron chi connectivity index (χ4n) is 4.10. The van der Waals surface area contributed by atoms with E-state index in [9.17, 15) is 22.0 Å². The van der Waals surface area contributed by atoms with Crippen molar-refractivity contribution in [3.63, 3.8) is 0 Å². The van der Waals surface area contributed by atoms with Crippen LogP contribution in [0.5, 0.6) is 11.5 Å². The molecule has 2 N–H and O–H groups in total. The summed E-state index contributed by atoms with van der Waals surface area (Å²) in [5.74, 6) is -2.12. The number of halogens is 3. The number of nitrogens with zero attached hydrogens (tertiary/aromatic N) is 1. The predicted molar refractivity (Wildman–Crippen MR) is 137 cm³/mol. The molecule has 0 atom stereocenters. The summed E-state index contributed by atoms with van der Waals surface area (Å²) in [6, 6.07) is 13.2. The van der Waals surface area contributed by atoms with Crippen molar-refractivity contribution in [2.45, 2.75) is 25.0 Å². The number of sulfonamides is 1. The van der Waals surface area contributed by atoms with Crippen molar-refractivity contribution < 1.29 is 26.7 Å². The van der Waals surface area contributed by atoms with Gasteiger partial charge in [-0.05, 0) is 82.5 Å². The molecule has 4 rings (SSSR count). The van der Waals surface area contributed by atoms with Crippen LogP contribution in [0.4, 0.5) is 8.78 Å². The second kappa shape index (κ2) is 10.6. The predicted octanol–water partition coefficient (Wildman–Crippen LogP) is 4.98. The largest absolute Gasteiger partial charge is 0.456 e. The zero-order chi connectivity index (χ0) is 25.2. The van der Waals surface area contributed by atoms with Gasteiger partial charge >= 0.3 is 0 Å². The number of primary amides is 1. The summed E-state index contributed by atoms with van der Waals surface area (Å²) in [5, 5.41) is 0. The molecule has 0 unspecified atom stereocenters. The quantitative estimate of drug-likeness (QED) is 0.364. The van der Waals surface area contributed by atoms with Gasteiger partial charge in [0.1, 0.15) is 23.1 Å². The lowest BCUT2D eigenvalue weighted by Gasteiger charge is -2.17. The Hall–Kier alpha value is -2.57. The van der Waals surface area contributed by atoms with E-state index in [1.165, 1.54) is 16.4 Å². The van der Waals surface area contributed by atoms with Gasteiger partial charge in [-0.1, -0.05) is 18.2 Å². The number of carbonyl (C=O) groups is 1. The molecule has 3 aromatic rings. The lowest BCUT2D eigenvalue weighted by Crippen LogP contribution is -2.29. The summed E-state index contributed by atoms with van der Waals surface area (Å²) in [6.45, 7) is 1.02. The van der Waals surface area contributed by atoms with Crippen molar-refractivity contribution in [3.8, 4) is 11.5 Å². The van der Waals surface area contributed by atoms with Crippen molar-refractivity contribution >= 4 is 38.5 Å². The molecule has 3 aromatic carbocycles. The average molecular weight is 612 g/mol. The minimum Gasteiger partial charge on any atom is -0.456 e. The Morgan fingerprint density at radius 1 is 1.03 bits per heavy atom. The van der Waals surface area contributed by atoms with E-state index in [0.717, 1.165) is 25.0 Å². The molecule has 0 radical (unpaired) electrons. The number of amides is 1. The first-order chi connectivity index (χ1) is 16.6. The van der Waals surface area contributed by atoms with Gasteiger partial charge in [-0.25, -0.2) is 21.5 Å². The molecular formula is C25H23F2IN2O4S. The SMILES string of the molecule is NC(=O)c1c(Cc2ccc(I)cc2F)cc(F)cc1Oc1cccc(CS(=O)(=O)N2CCCC2)c1. The van der Waals surface area contributed by atoms with E-state index in [1.54, 1.807) is 30.3 Å². The summed E-state index contributed by atoms with van der Waals surface area (Å²) in [7, 11) is -3.47. The van der Waals surface area contributed by atoms with E-state index in [-0.39, 0.29) is 40.4 Å². The molecule has 0 spiro atoms. The van der Waals surface area contributed by atoms with E-state index < -0.39 is 27.6 Å². The van der Waals surface area contributed by atoms with Crippen LogP contribution in [-0.4, -0.2) is 31.7 Å². The van der Waals surface area contributed by atoms with E-state index in [1.807, 2.05) is 22.6 Å². The highest BCUT2D eigenvalue weighted by Gasteiger charge is 2.26. The second-order valence-corrected chi connectivity index (χ2v) is 11.5. The van der Waals surface area contributed by atoms with Crippen molar-refractivity contribution in [3.05, 3.63) is 92.1 Å². The van der Waals surface area contributed by atoms with Crippen LogP contribution in [0.15, 0.2) is 54.6 Å². The summed E-state index contributed by atoms with van der Waals surface area (Å²) >= 11 is 1.98. The van der Waals surface area contributed by atoms with E-state index in [2.05, 4.69) is 0 Å². The average Bonchev–Trinajstić information content (AvgIpc) is 3.31. The van der Waals surface area contributed by atoms with Crippen molar-refractivity contribution in [2.75, 3.05) is 13.1 Å². The molecule has 1 fully saturated rings. The van der Waals surface area contributed by atoms with Crippen LogP contribution in [0.3, 0.4) is 0 Å². The number of ether oxygens (including phenoxy) is 1. The first-order valence-corrected chi connectivity index (χ1v) is 13.6. The molecule has 1 aliphatic rings. The third-order valence-electron chi connectivity index (χ3n) is 5.72. The van der Waals surface area contributed by atoms with Crippen LogP contribution < -0.4 is 10.5 Å². The maximum Gasteiger partial charge on any atom is 0.252 e. The molecule has 0 bridgehead atoms. The maximum absolute atomic E-state index is 14.5. The highest BCUT2D eigenvalue weighted by Crippen LogP contribution is 2.32. The highest BCUT2D eigenvalue weighted by molar-refractivity contribution is 14.1. The molecule has 0 saturated carbocycles. The smallest absolute Gasteiger partial charge is 0.252 e. The zero-order valence-corrected chi connectivity index (χ0v) is 21.6. The van der Waals surface area contributed by atoms with Gasteiger partial charge in [0.05, 0.1) is 11.3 Å². The molecule has 35 heavy (non-hydrogen) atoms. The molecular weight excluding hydrogens is 589 g/mol. The first kappa shape index (κ1) is 25.5. The van der Waals surface area contributed by atoms with Gasteiger partial charge in [0.15, 0.2) is 0 Å². The van der Waals surface area contributed by atoms with Crippen LogP contribution in [0.2, 0.25) is 0 Å². The molecule has 1 heterocycles. The van der Waals surface area contributed by atoms with Gasteiger partial charge in [-0.3, -0.25) is 4.79 Å². The molecule has 1 amide bonds. The van der Waals surface area contributed by atoms with E-state index in [4.69, 9.17) is 10.5 Å². The van der Waals surface area contributed by atoms with E-state index in [0.29, 0.717) is 22.2 Å². The Labute approximate surface area is 216 Å². The summed E-state index contributed by atoms with van der Waals surface area (Å²) in [4.78, 5) is 12.3. The monoisotopic (exact) mass is 612 g/mol. The van der Waals surface area contributed by atoms with Gasteiger partial charge in [0.2, 0.25) is 10.0 Å². The highest BCUT2D eigenvalue weighted by atomic mass is 127.